The van der Waals surface area contributed by atoms with E-state index >= 15 is 0 Å². The second-order valence-corrected chi connectivity index (χ2v) is 6.35. The number of hydrogen-bond donors (Lipinski definition) is 1. The molecular formula is C19H22N2O3. The highest BCUT2D eigenvalue weighted by Crippen LogP contribution is 2.21. The molecule has 1 amide bonds. The van der Waals surface area contributed by atoms with Gasteiger partial charge < -0.3 is 5.32 Å². The Kier molecular flexibility index (Phi) is 5.68. The lowest BCUT2D eigenvalue weighted by Crippen LogP contribution is -2.18. The van der Waals surface area contributed by atoms with E-state index < -0.39 is 4.92 Å². The van der Waals surface area contributed by atoms with Crippen LogP contribution in [0.15, 0.2) is 48.5 Å². The first-order chi connectivity index (χ1) is 11.4. The maximum Gasteiger partial charge on any atom is 0.269 e. The Bertz CT molecular complexity index is 706. The summed E-state index contributed by atoms with van der Waals surface area (Å²) in [6.07, 6.45) is 1.02. The van der Waals surface area contributed by atoms with Gasteiger partial charge in [0.25, 0.3) is 5.69 Å². The number of carbonyl (C=O) groups excluding carboxylic acids is 1. The van der Waals surface area contributed by atoms with Gasteiger partial charge in [0.15, 0.2) is 0 Å². The van der Waals surface area contributed by atoms with E-state index in [4.69, 9.17) is 0 Å². The Hall–Kier alpha value is -2.69. The maximum absolute atomic E-state index is 12.3. The minimum atomic E-state index is -0.465. The summed E-state index contributed by atoms with van der Waals surface area (Å²) in [5.41, 5.74) is 2.76. The molecule has 0 heterocycles. The molecule has 0 bridgehead atoms. The molecule has 5 nitrogen and oxygen atoms in total. The van der Waals surface area contributed by atoms with E-state index in [1.807, 2.05) is 19.1 Å². The van der Waals surface area contributed by atoms with Gasteiger partial charge in [-0.3, -0.25) is 14.9 Å². The van der Waals surface area contributed by atoms with Crippen molar-refractivity contribution in [1.82, 2.24) is 0 Å². The standard InChI is InChI=1S/C19H22N2O3/c1-13(2)12-15-4-6-16(7-5-15)14(3)19(22)20-17-8-10-18(11-9-17)21(23)24/h4-11,13-14H,12H2,1-3H3,(H,20,22)/t14-/m0/s1. The summed E-state index contributed by atoms with van der Waals surface area (Å²) in [6, 6.07) is 13.9. The van der Waals surface area contributed by atoms with Gasteiger partial charge in [0.1, 0.15) is 0 Å². The first-order valence-corrected chi connectivity index (χ1v) is 8.01. The van der Waals surface area contributed by atoms with Crippen molar-refractivity contribution in [2.75, 3.05) is 5.32 Å². The first kappa shape index (κ1) is 17.7. The van der Waals surface area contributed by atoms with Gasteiger partial charge in [0.05, 0.1) is 10.8 Å². The zero-order valence-electron chi connectivity index (χ0n) is 14.2. The summed E-state index contributed by atoms with van der Waals surface area (Å²) >= 11 is 0. The molecule has 0 saturated heterocycles. The predicted molar refractivity (Wildman–Crippen MR) is 95.1 cm³/mol. The number of anilines is 1. The Morgan fingerprint density at radius 3 is 2.12 bits per heavy atom. The van der Waals surface area contributed by atoms with E-state index in [2.05, 4.69) is 31.3 Å². The Morgan fingerprint density at radius 2 is 1.62 bits per heavy atom. The Labute approximate surface area is 141 Å². The molecule has 24 heavy (non-hydrogen) atoms. The molecule has 0 aromatic heterocycles. The van der Waals surface area contributed by atoms with Crippen LogP contribution in [0.5, 0.6) is 0 Å². The third-order valence-corrected chi connectivity index (χ3v) is 3.86. The van der Waals surface area contributed by atoms with Crippen LogP contribution in [0.2, 0.25) is 0 Å². The lowest BCUT2D eigenvalue weighted by molar-refractivity contribution is -0.384. The third-order valence-electron chi connectivity index (χ3n) is 3.86. The van der Waals surface area contributed by atoms with Crippen LogP contribution in [-0.4, -0.2) is 10.8 Å². The number of nitrogens with zero attached hydrogens (tertiary/aromatic N) is 1. The topological polar surface area (TPSA) is 72.2 Å². The number of hydrogen-bond acceptors (Lipinski definition) is 3. The highest BCUT2D eigenvalue weighted by Gasteiger charge is 2.16. The van der Waals surface area contributed by atoms with Gasteiger partial charge in [0, 0.05) is 17.8 Å². The summed E-state index contributed by atoms with van der Waals surface area (Å²) < 4.78 is 0. The SMILES string of the molecule is CC(C)Cc1ccc([C@H](C)C(=O)Nc2ccc([N+](=O)[O-])cc2)cc1. The molecule has 2 aromatic rings. The van der Waals surface area contributed by atoms with E-state index in [1.165, 1.54) is 29.8 Å². The fourth-order valence-corrected chi connectivity index (χ4v) is 2.48. The van der Waals surface area contributed by atoms with Gasteiger partial charge in [-0.2, -0.15) is 0 Å². The van der Waals surface area contributed by atoms with Crippen LogP contribution in [0.3, 0.4) is 0 Å². The molecular weight excluding hydrogens is 304 g/mol. The fourth-order valence-electron chi connectivity index (χ4n) is 2.48. The van der Waals surface area contributed by atoms with Gasteiger partial charge >= 0.3 is 0 Å². The molecule has 1 atom stereocenters. The number of rotatable bonds is 6. The van der Waals surface area contributed by atoms with E-state index in [0.29, 0.717) is 11.6 Å². The second kappa shape index (κ2) is 7.73. The van der Waals surface area contributed by atoms with Gasteiger partial charge in [-0.1, -0.05) is 38.1 Å². The van der Waals surface area contributed by atoms with Crippen LogP contribution in [0, 0.1) is 16.0 Å². The van der Waals surface area contributed by atoms with Crippen LogP contribution in [0.4, 0.5) is 11.4 Å². The zero-order chi connectivity index (χ0) is 17.7. The lowest BCUT2D eigenvalue weighted by Gasteiger charge is -2.13. The number of carbonyl (C=O) groups is 1. The van der Waals surface area contributed by atoms with E-state index in [1.54, 1.807) is 0 Å². The van der Waals surface area contributed by atoms with E-state index in [0.717, 1.165) is 12.0 Å². The molecule has 2 rings (SSSR count). The van der Waals surface area contributed by atoms with E-state index in [9.17, 15) is 14.9 Å². The Morgan fingerprint density at radius 1 is 1.04 bits per heavy atom. The van der Waals surface area contributed by atoms with Crippen LogP contribution in [0.25, 0.3) is 0 Å². The quantitative estimate of drug-likeness (QED) is 0.626. The average molecular weight is 326 g/mol. The lowest BCUT2D eigenvalue weighted by atomic mass is 9.96. The predicted octanol–water partition coefficient (Wildman–Crippen LogP) is 4.54. The smallest absolute Gasteiger partial charge is 0.269 e. The Balaban J connectivity index is 2.02. The molecule has 0 unspecified atom stereocenters. The summed E-state index contributed by atoms with van der Waals surface area (Å²) in [6.45, 7) is 6.19. The minimum absolute atomic E-state index is 0.00166. The van der Waals surface area contributed by atoms with Gasteiger partial charge in [-0.05, 0) is 42.5 Å². The van der Waals surface area contributed by atoms with Crippen molar-refractivity contribution in [3.8, 4) is 0 Å². The van der Waals surface area contributed by atoms with Crippen molar-refractivity contribution in [3.05, 3.63) is 69.8 Å². The number of non-ortho nitro benzene ring substituents is 1. The third kappa shape index (κ3) is 4.65. The van der Waals surface area contributed by atoms with Crippen LogP contribution >= 0.6 is 0 Å². The maximum atomic E-state index is 12.3. The molecule has 0 saturated carbocycles. The van der Waals surface area contributed by atoms with Crippen LogP contribution < -0.4 is 5.32 Å². The monoisotopic (exact) mass is 326 g/mol. The first-order valence-electron chi connectivity index (χ1n) is 8.01. The number of benzene rings is 2. The zero-order valence-corrected chi connectivity index (χ0v) is 14.2. The molecule has 0 aliphatic rings. The summed E-state index contributed by atoms with van der Waals surface area (Å²) in [5.74, 6) is 0.160. The molecule has 126 valence electrons. The molecule has 1 N–H and O–H groups in total. The van der Waals surface area contributed by atoms with Crippen molar-refractivity contribution < 1.29 is 9.72 Å². The molecule has 0 fully saturated rings. The fraction of sp³-hybridized carbons (Fsp3) is 0.316. The highest BCUT2D eigenvalue weighted by atomic mass is 16.6. The highest BCUT2D eigenvalue weighted by molar-refractivity contribution is 5.95. The molecule has 0 spiro atoms. The number of nitro groups is 1. The van der Waals surface area contributed by atoms with Crippen molar-refractivity contribution >= 4 is 17.3 Å². The molecule has 0 aliphatic heterocycles. The number of nitrogens with one attached hydrogen (secondary N) is 1. The van der Waals surface area contributed by atoms with Crippen molar-refractivity contribution in [2.24, 2.45) is 5.92 Å². The largest absolute Gasteiger partial charge is 0.326 e. The molecule has 5 heteroatoms. The number of amides is 1. The van der Waals surface area contributed by atoms with E-state index in [-0.39, 0.29) is 17.5 Å². The minimum Gasteiger partial charge on any atom is -0.326 e. The molecule has 0 aliphatic carbocycles. The van der Waals surface area contributed by atoms with Gasteiger partial charge in [0.2, 0.25) is 5.91 Å². The van der Waals surface area contributed by atoms with Crippen molar-refractivity contribution in [2.45, 2.75) is 33.1 Å². The summed E-state index contributed by atoms with van der Waals surface area (Å²) in [7, 11) is 0. The van der Waals surface area contributed by atoms with Gasteiger partial charge in [-0.25, -0.2) is 0 Å². The second-order valence-electron chi connectivity index (χ2n) is 6.35. The summed E-state index contributed by atoms with van der Waals surface area (Å²) in [5, 5.41) is 13.4. The summed E-state index contributed by atoms with van der Waals surface area (Å²) in [4.78, 5) is 22.5. The normalized spacial score (nSPS) is 12.0. The van der Waals surface area contributed by atoms with Crippen LogP contribution in [0.1, 0.15) is 37.8 Å². The van der Waals surface area contributed by atoms with Crippen LogP contribution in [-0.2, 0) is 11.2 Å². The molecule has 2 aromatic carbocycles. The molecule has 0 radical (unpaired) electrons. The van der Waals surface area contributed by atoms with Crippen molar-refractivity contribution in [3.63, 3.8) is 0 Å². The van der Waals surface area contributed by atoms with Crippen molar-refractivity contribution in [1.29, 1.82) is 0 Å². The number of nitro benzene ring substituents is 1. The average Bonchev–Trinajstić information content (AvgIpc) is 2.54. The van der Waals surface area contributed by atoms with Gasteiger partial charge in [-0.15, -0.1) is 0 Å².